The third-order valence-corrected chi connectivity index (χ3v) is 5.25. The van der Waals surface area contributed by atoms with E-state index in [1.165, 1.54) is 16.3 Å². The minimum atomic E-state index is 0.804. The van der Waals surface area contributed by atoms with Gasteiger partial charge in [0.15, 0.2) is 0 Å². The molecule has 0 unspecified atom stereocenters. The summed E-state index contributed by atoms with van der Waals surface area (Å²) in [5, 5.41) is 12.2. The van der Waals surface area contributed by atoms with Crippen molar-refractivity contribution in [1.82, 2.24) is 10.2 Å². The first kappa shape index (κ1) is 16.6. The van der Waals surface area contributed by atoms with Gasteiger partial charge < -0.3 is 4.74 Å². The van der Waals surface area contributed by atoms with E-state index >= 15 is 0 Å². The van der Waals surface area contributed by atoms with Crippen LogP contribution in [0.25, 0.3) is 22.0 Å². The second kappa shape index (κ2) is 7.58. The summed E-state index contributed by atoms with van der Waals surface area (Å²) in [6.45, 7) is 0. The maximum atomic E-state index is 5.40. The van der Waals surface area contributed by atoms with Crippen LogP contribution in [0.4, 0.5) is 0 Å². The van der Waals surface area contributed by atoms with Crippen molar-refractivity contribution >= 4 is 22.5 Å². The van der Waals surface area contributed by atoms with Crippen LogP contribution in [0.3, 0.4) is 0 Å². The zero-order valence-electron chi connectivity index (χ0n) is 14.4. The number of hydrogen-bond acceptors (Lipinski definition) is 4. The van der Waals surface area contributed by atoms with Crippen LogP contribution >= 0.6 is 11.8 Å². The summed E-state index contributed by atoms with van der Waals surface area (Å²) >= 11 is 1.70. The lowest BCUT2D eigenvalue weighted by atomic mass is 10.1. The Kier molecular flexibility index (Phi) is 4.84. The van der Waals surface area contributed by atoms with E-state index in [0.717, 1.165) is 27.8 Å². The lowest BCUT2D eigenvalue weighted by Crippen LogP contribution is -1.93. The van der Waals surface area contributed by atoms with Crippen molar-refractivity contribution in [3.8, 4) is 17.0 Å². The van der Waals surface area contributed by atoms with Gasteiger partial charge in [-0.05, 0) is 40.6 Å². The van der Waals surface area contributed by atoms with Gasteiger partial charge >= 0.3 is 0 Å². The summed E-state index contributed by atoms with van der Waals surface area (Å²) in [7, 11) is 1.67. The molecule has 3 nitrogen and oxygen atoms in total. The van der Waals surface area contributed by atoms with Crippen LogP contribution < -0.4 is 4.74 Å². The summed E-state index contributed by atoms with van der Waals surface area (Å²) < 4.78 is 5.40. The van der Waals surface area contributed by atoms with Crippen LogP contribution in [0.2, 0.25) is 0 Å². The van der Waals surface area contributed by atoms with E-state index in [-0.39, 0.29) is 0 Å². The molecule has 0 atom stereocenters. The van der Waals surface area contributed by atoms with Crippen molar-refractivity contribution in [2.45, 2.75) is 10.8 Å². The number of para-hydroxylation sites is 1. The maximum Gasteiger partial charge on any atom is 0.128 e. The smallest absolute Gasteiger partial charge is 0.128 e. The number of benzene rings is 3. The molecule has 1 heterocycles. The predicted octanol–water partition coefficient (Wildman–Crippen LogP) is 5.60. The molecule has 3 aromatic carbocycles. The summed E-state index contributed by atoms with van der Waals surface area (Å²) in [6.07, 6.45) is 0. The summed E-state index contributed by atoms with van der Waals surface area (Å²) in [5.41, 5.74) is 3.08. The third kappa shape index (κ3) is 3.41. The molecule has 0 bridgehead atoms. The van der Waals surface area contributed by atoms with E-state index in [1.807, 2.05) is 36.4 Å². The van der Waals surface area contributed by atoms with Gasteiger partial charge in [0.1, 0.15) is 10.8 Å². The molecule has 128 valence electrons. The fourth-order valence-corrected chi connectivity index (χ4v) is 3.78. The number of rotatable bonds is 5. The van der Waals surface area contributed by atoms with Gasteiger partial charge in [-0.2, -0.15) is 0 Å². The van der Waals surface area contributed by atoms with Crippen LogP contribution in [0, 0.1) is 0 Å². The summed E-state index contributed by atoms with van der Waals surface area (Å²) in [5.74, 6) is 1.67. The van der Waals surface area contributed by atoms with Gasteiger partial charge in [0, 0.05) is 11.3 Å². The number of methoxy groups -OCH3 is 1. The van der Waals surface area contributed by atoms with Crippen molar-refractivity contribution in [3.63, 3.8) is 0 Å². The number of aromatic nitrogens is 2. The fourth-order valence-electron chi connectivity index (χ4n) is 2.97. The zero-order valence-corrected chi connectivity index (χ0v) is 15.2. The highest BCUT2D eigenvalue weighted by molar-refractivity contribution is 7.98. The summed E-state index contributed by atoms with van der Waals surface area (Å²) in [4.78, 5) is 0. The number of ether oxygens (including phenoxy) is 1. The van der Waals surface area contributed by atoms with E-state index in [0.29, 0.717) is 0 Å². The first-order valence-electron chi connectivity index (χ1n) is 8.42. The maximum absolute atomic E-state index is 5.40. The molecule has 0 aliphatic heterocycles. The van der Waals surface area contributed by atoms with E-state index < -0.39 is 0 Å². The zero-order chi connectivity index (χ0) is 17.8. The van der Waals surface area contributed by atoms with E-state index in [1.54, 1.807) is 18.9 Å². The molecule has 0 saturated heterocycles. The highest BCUT2D eigenvalue weighted by Gasteiger charge is 2.08. The highest BCUT2D eigenvalue weighted by atomic mass is 32.2. The lowest BCUT2D eigenvalue weighted by molar-refractivity contribution is 0.416. The standard InChI is InChI=1S/C22H18N2OS/c1-25-21-12-5-4-11-19(21)20-13-14-22(24-23-20)26-15-17-9-6-8-16-7-2-3-10-18(16)17/h2-14H,15H2,1H3. The van der Waals surface area contributed by atoms with Crippen LogP contribution in [-0.2, 0) is 5.75 Å². The van der Waals surface area contributed by atoms with Crippen molar-refractivity contribution in [2.75, 3.05) is 7.11 Å². The normalized spacial score (nSPS) is 10.8. The van der Waals surface area contributed by atoms with Crippen molar-refractivity contribution in [2.24, 2.45) is 0 Å². The average Bonchev–Trinajstić information content (AvgIpc) is 2.72. The Morgan fingerprint density at radius 1 is 0.808 bits per heavy atom. The van der Waals surface area contributed by atoms with Crippen LogP contribution in [0.1, 0.15) is 5.56 Å². The van der Waals surface area contributed by atoms with Crippen molar-refractivity contribution in [1.29, 1.82) is 0 Å². The molecular weight excluding hydrogens is 340 g/mol. The molecule has 4 heteroatoms. The summed E-state index contributed by atoms with van der Waals surface area (Å²) in [6, 6.07) is 26.7. The molecule has 1 aromatic heterocycles. The molecule has 0 saturated carbocycles. The molecular formula is C22H18N2OS. The van der Waals surface area contributed by atoms with Gasteiger partial charge in [-0.3, -0.25) is 0 Å². The Bertz CT molecular complexity index is 1030. The topological polar surface area (TPSA) is 35.0 Å². The van der Waals surface area contributed by atoms with Crippen LogP contribution in [0.5, 0.6) is 5.75 Å². The first-order valence-corrected chi connectivity index (χ1v) is 9.40. The molecule has 0 aliphatic carbocycles. The average molecular weight is 358 g/mol. The molecule has 4 rings (SSSR count). The molecule has 0 fully saturated rings. The second-order valence-electron chi connectivity index (χ2n) is 5.88. The Balaban J connectivity index is 1.53. The second-order valence-corrected chi connectivity index (χ2v) is 6.88. The van der Waals surface area contributed by atoms with Gasteiger partial charge in [-0.15, -0.1) is 10.2 Å². The largest absolute Gasteiger partial charge is 0.496 e. The molecule has 0 spiro atoms. The van der Waals surface area contributed by atoms with Crippen LogP contribution in [0.15, 0.2) is 83.9 Å². The van der Waals surface area contributed by atoms with E-state index in [2.05, 4.69) is 52.7 Å². The van der Waals surface area contributed by atoms with Gasteiger partial charge in [-0.1, -0.05) is 66.4 Å². The van der Waals surface area contributed by atoms with Gasteiger partial charge in [0.25, 0.3) is 0 Å². The van der Waals surface area contributed by atoms with Gasteiger partial charge in [0.05, 0.1) is 12.8 Å². The van der Waals surface area contributed by atoms with E-state index in [4.69, 9.17) is 4.74 Å². The molecule has 0 radical (unpaired) electrons. The van der Waals surface area contributed by atoms with E-state index in [9.17, 15) is 0 Å². The molecule has 0 aliphatic rings. The Morgan fingerprint density at radius 3 is 2.46 bits per heavy atom. The monoisotopic (exact) mass is 358 g/mol. The SMILES string of the molecule is COc1ccccc1-c1ccc(SCc2cccc3ccccc23)nn1. The van der Waals surface area contributed by atoms with Gasteiger partial charge in [0.2, 0.25) is 0 Å². The molecule has 4 aromatic rings. The Labute approximate surface area is 157 Å². The van der Waals surface area contributed by atoms with Crippen molar-refractivity contribution < 1.29 is 4.74 Å². The van der Waals surface area contributed by atoms with Crippen molar-refractivity contribution in [3.05, 3.63) is 84.4 Å². The Hall–Kier alpha value is -2.85. The lowest BCUT2D eigenvalue weighted by Gasteiger charge is -2.08. The van der Waals surface area contributed by atoms with Gasteiger partial charge in [-0.25, -0.2) is 0 Å². The number of thioether (sulfide) groups is 1. The number of nitrogens with zero attached hydrogens (tertiary/aromatic N) is 2. The number of hydrogen-bond donors (Lipinski definition) is 0. The first-order chi connectivity index (χ1) is 12.8. The molecule has 26 heavy (non-hydrogen) atoms. The highest BCUT2D eigenvalue weighted by Crippen LogP contribution is 2.30. The minimum Gasteiger partial charge on any atom is -0.496 e. The molecule has 0 amide bonds. The molecule has 0 N–H and O–H groups in total. The quantitative estimate of drug-likeness (QED) is 0.435. The predicted molar refractivity (Wildman–Crippen MR) is 108 cm³/mol. The third-order valence-electron chi connectivity index (χ3n) is 4.28. The van der Waals surface area contributed by atoms with Crippen LogP contribution in [-0.4, -0.2) is 17.3 Å². The number of fused-ring (bicyclic) bond motifs is 1. The minimum absolute atomic E-state index is 0.804. The fraction of sp³-hybridized carbons (Fsp3) is 0.0909. The Morgan fingerprint density at radius 2 is 1.62 bits per heavy atom.